The van der Waals surface area contributed by atoms with Crippen LogP contribution in [0.5, 0.6) is 0 Å². The van der Waals surface area contributed by atoms with E-state index >= 15 is 0 Å². The summed E-state index contributed by atoms with van der Waals surface area (Å²) in [4.78, 5) is 0. The van der Waals surface area contributed by atoms with Gasteiger partial charge in [0.2, 0.25) is 0 Å². The highest BCUT2D eigenvalue weighted by atomic mass is 16.3. The number of rotatable bonds is 1. The fourth-order valence-electron chi connectivity index (χ4n) is 10.8. The summed E-state index contributed by atoms with van der Waals surface area (Å²) in [7, 11) is 0. The Balaban J connectivity index is 1.48. The molecule has 5 aliphatic rings. The Hall–Kier alpha value is -1.28. The van der Waals surface area contributed by atoms with Crippen molar-refractivity contribution in [3.63, 3.8) is 0 Å². The molecule has 3 saturated carbocycles. The molecule has 1 aromatic rings. The van der Waals surface area contributed by atoms with E-state index in [-0.39, 0.29) is 33.2 Å². The minimum Gasteiger partial charge on any atom is -0.472 e. The molecule has 0 saturated heterocycles. The molecule has 3 fully saturated rings. The summed E-state index contributed by atoms with van der Waals surface area (Å²) < 4.78 is 5.67. The van der Waals surface area contributed by atoms with Gasteiger partial charge in [0.25, 0.3) is 0 Å². The van der Waals surface area contributed by atoms with Crippen LogP contribution in [0.4, 0.5) is 0 Å². The minimum atomic E-state index is -0.155. The monoisotopic (exact) mass is 476 g/mol. The average molecular weight is 477 g/mol. The van der Waals surface area contributed by atoms with Gasteiger partial charge < -0.3 is 9.52 Å². The molecule has 7 atom stereocenters. The van der Waals surface area contributed by atoms with Crippen molar-refractivity contribution in [2.75, 3.05) is 0 Å². The predicted molar refractivity (Wildman–Crippen MR) is 143 cm³/mol. The number of allylic oxidation sites excluding steroid dienone is 4. The second-order valence-corrected chi connectivity index (χ2v) is 15.3. The molecule has 1 N–H and O–H groups in total. The first-order valence-electron chi connectivity index (χ1n) is 14.5. The quantitative estimate of drug-likeness (QED) is 0.412. The average Bonchev–Trinajstić information content (AvgIpc) is 3.32. The van der Waals surface area contributed by atoms with Gasteiger partial charge in [-0.25, -0.2) is 0 Å². The molecule has 1 heterocycles. The molecule has 2 nitrogen and oxygen atoms in total. The molecule has 5 aliphatic carbocycles. The first-order valence-corrected chi connectivity index (χ1v) is 14.5. The van der Waals surface area contributed by atoms with Crippen LogP contribution in [0.1, 0.15) is 112 Å². The van der Waals surface area contributed by atoms with Gasteiger partial charge in [-0.15, -0.1) is 0 Å². The molecule has 7 unspecified atom stereocenters. The summed E-state index contributed by atoms with van der Waals surface area (Å²) in [6.07, 6.45) is 20.0. The normalized spacial score (nSPS) is 47.9. The van der Waals surface area contributed by atoms with Gasteiger partial charge in [-0.3, -0.25) is 0 Å². The van der Waals surface area contributed by atoms with E-state index in [1.54, 1.807) is 11.1 Å². The number of furan rings is 1. The molecule has 192 valence electrons. The number of aliphatic hydroxyl groups excluding tert-OH is 1. The molecule has 0 aromatic carbocycles. The third-order valence-corrected chi connectivity index (χ3v) is 12.7. The Kier molecular flexibility index (Phi) is 4.94. The van der Waals surface area contributed by atoms with Crippen molar-refractivity contribution in [2.45, 2.75) is 118 Å². The van der Waals surface area contributed by atoms with Crippen molar-refractivity contribution >= 4 is 0 Å². The van der Waals surface area contributed by atoms with E-state index in [1.165, 1.54) is 50.5 Å². The molecule has 1 aromatic heterocycles. The van der Waals surface area contributed by atoms with Crippen molar-refractivity contribution in [3.8, 4) is 0 Å². The van der Waals surface area contributed by atoms with Crippen molar-refractivity contribution in [1.29, 1.82) is 0 Å². The Morgan fingerprint density at radius 3 is 2.29 bits per heavy atom. The van der Waals surface area contributed by atoms with E-state index in [2.05, 4.69) is 66.7 Å². The largest absolute Gasteiger partial charge is 0.472 e. The molecule has 35 heavy (non-hydrogen) atoms. The molecule has 0 spiro atoms. The molecule has 0 aliphatic heterocycles. The molecule has 0 amide bonds. The van der Waals surface area contributed by atoms with E-state index in [9.17, 15) is 5.11 Å². The summed E-state index contributed by atoms with van der Waals surface area (Å²) in [6.45, 7) is 17.4. The summed E-state index contributed by atoms with van der Waals surface area (Å²) >= 11 is 0. The fraction of sp³-hybridized carbons (Fsp3) is 0.758. The van der Waals surface area contributed by atoms with E-state index in [0.29, 0.717) is 17.3 Å². The van der Waals surface area contributed by atoms with Gasteiger partial charge in [0.15, 0.2) is 0 Å². The van der Waals surface area contributed by atoms with Crippen LogP contribution in [-0.2, 0) is 5.41 Å². The van der Waals surface area contributed by atoms with Gasteiger partial charge in [0, 0.05) is 16.4 Å². The second-order valence-electron chi connectivity index (χ2n) is 15.3. The van der Waals surface area contributed by atoms with Gasteiger partial charge >= 0.3 is 0 Å². The number of hydrogen-bond donors (Lipinski definition) is 1. The second kappa shape index (κ2) is 7.18. The number of aliphatic hydroxyl groups is 1. The molecular formula is C33H48O2. The van der Waals surface area contributed by atoms with Crippen LogP contribution in [0.25, 0.3) is 0 Å². The maximum atomic E-state index is 10.9. The van der Waals surface area contributed by atoms with Crippen LogP contribution >= 0.6 is 0 Å². The smallest absolute Gasteiger partial charge is 0.0943 e. The van der Waals surface area contributed by atoms with Gasteiger partial charge in [-0.2, -0.15) is 0 Å². The maximum Gasteiger partial charge on any atom is 0.0943 e. The molecular weight excluding hydrogens is 428 g/mol. The lowest BCUT2D eigenvalue weighted by atomic mass is 9.35. The van der Waals surface area contributed by atoms with E-state index in [0.717, 1.165) is 12.8 Å². The van der Waals surface area contributed by atoms with Crippen LogP contribution in [0.2, 0.25) is 0 Å². The standard InChI is InChI=1S/C33H48O2/c1-28(2)17-18-33(22-12-19-35-21-22)16-10-25-31(6)13-8-23-29(3,4)27(34)11-15-30(23,5)24(31)9-14-32(25,7)26(33)20-28/h10,12,19-21,23-24,27,34H,8-9,11,13-18H2,1-7H3. The molecule has 0 bridgehead atoms. The van der Waals surface area contributed by atoms with Crippen LogP contribution in [-0.4, -0.2) is 11.2 Å². The third-order valence-electron chi connectivity index (χ3n) is 12.7. The van der Waals surface area contributed by atoms with Gasteiger partial charge in [-0.1, -0.05) is 71.8 Å². The van der Waals surface area contributed by atoms with Crippen molar-refractivity contribution < 1.29 is 9.52 Å². The summed E-state index contributed by atoms with van der Waals surface area (Å²) in [6, 6.07) is 2.24. The van der Waals surface area contributed by atoms with E-state index in [1.807, 2.05) is 12.5 Å². The molecule has 6 rings (SSSR count). The van der Waals surface area contributed by atoms with Crippen molar-refractivity contribution in [2.24, 2.45) is 38.9 Å². The Morgan fingerprint density at radius 2 is 1.57 bits per heavy atom. The number of fused-ring (bicyclic) bond motifs is 7. The van der Waals surface area contributed by atoms with Crippen LogP contribution in [0.3, 0.4) is 0 Å². The summed E-state index contributed by atoms with van der Waals surface area (Å²) in [5.74, 6) is 1.32. The summed E-state index contributed by atoms with van der Waals surface area (Å²) in [5.41, 5.74) is 5.91. The zero-order valence-electron chi connectivity index (χ0n) is 23.3. The van der Waals surface area contributed by atoms with Crippen LogP contribution < -0.4 is 0 Å². The SMILES string of the molecule is CC1(C)C=C2C3(C)CCC4C(C)(CCC5C(C)(C)C(O)CCC45C)C3=CCC2(c2ccoc2)CC1. The Bertz CT molecular complexity index is 1070. The highest BCUT2D eigenvalue weighted by Gasteiger charge is 2.66. The zero-order chi connectivity index (χ0) is 25.1. The lowest BCUT2D eigenvalue weighted by Crippen LogP contribution is -2.62. The van der Waals surface area contributed by atoms with Gasteiger partial charge in [0.1, 0.15) is 0 Å². The zero-order valence-corrected chi connectivity index (χ0v) is 23.3. The Labute approximate surface area is 213 Å². The minimum absolute atomic E-state index is 0.0163. The summed E-state index contributed by atoms with van der Waals surface area (Å²) in [5, 5.41) is 10.9. The number of hydrogen-bond acceptors (Lipinski definition) is 2. The highest BCUT2D eigenvalue weighted by molar-refractivity contribution is 5.52. The maximum absolute atomic E-state index is 10.9. The van der Waals surface area contributed by atoms with E-state index in [4.69, 9.17) is 4.42 Å². The topological polar surface area (TPSA) is 33.4 Å². The van der Waals surface area contributed by atoms with E-state index < -0.39 is 0 Å². The highest BCUT2D eigenvalue weighted by Crippen LogP contribution is 2.74. The first kappa shape index (κ1) is 24.1. The van der Waals surface area contributed by atoms with Crippen LogP contribution in [0.15, 0.2) is 46.3 Å². The van der Waals surface area contributed by atoms with Gasteiger partial charge in [0.05, 0.1) is 18.6 Å². The van der Waals surface area contributed by atoms with Crippen molar-refractivity contribution in [3.05, 3.63) is 47.5 Å². The lowest BCUT2D eigenvalue weighted by molar-refractivity contribution is -0.174. The molecule has 2 heteroatoms. The van der Waals surface area contributed by atoms with Crippen molar-refractivity contribution in [1.82, 2.24) is 0 Å². The first-order chi connectivity index (χ1) is 16.3. The molecule has 0 radical (unpaired) electrons. The predicted octanol–water partition coefficient (Wildman–Crippen LogP) is 8.61. The lowest BCUT2D eigenvalue weighted by Gasteiger charge is -2.69. The van der Waals surface area contributed by atoms with Gasteiger partial charge in [-0.05, 0) is 97.3 Å². The Morgan fingerprint density at radius 1 is 0.829 bits per heavy atom. The fourth-order valence-corrected chi connectivity index (χ4v) is 10.8. The van der Waals surface area contributed by atoms with Crippen LogP contribution in [0, 0.1) is 38.9 Å². The third kappa shape index (κ3) is 2.98.